The van der Waals surface area contributed by atoms with Crippen molar-refractivity contribution in [2.45, 2.75) is 12.8 Å². The highest BCUT2D eigenvalue weighted by atomic mass is 16.5. The first-order valence-corrected chi connectivity index (χ1v) is 6.53. The molecule has 0 aliphatic heterocycles. The minimum Gasteiger partial charge on any atom is -0.492 e. The van der Waals surface area contributed by atoms with Gasteiger partial charge in [-0.05, 0) is 24.3 Å². The molecule has 1 aromatic carbocycles. The maximum Gasteiger partial charge on any atom is 0.224 e. The zero-order chi connectivity index (χ0) is 14.2. The Balaban J connectivity index is 1.84. The van der Waals surface area contributed by atoms with E-state index in [9.17, 15) is 4.79 Å². The van der Waals surface area contributed by atoms with Gasteiger partial charge in [0, 0.05) is 31.1 Å². The molecule has 5 nitrogen and oxygen atoms in total. The highest BCUT2D eigenvalue weighted by Crippen LogP contribution is 2.17. The number of nitrogens with two attached hydrogens (primary N) is 1. The molecule has 5 heteroatoms. The highest BCUT2D eigenvalue weighted by Gasteiger charge is 2.05. The first-order valence-electron chi connectivity index (χ1n) is 6.53. The third kappa shape index (κ3) is 4.44. The smallest absolute Gasteiger partial charge is 0.224 e. The number of benzene rings is 1. The van der Waals surface area contributed by atoms with E-state index >= 15 is 0 Å². The predicted octanol–water partition coefficient (Wildman–Crippen LogP) is 2.19. The molecule has 0 fully saturated rings. The lowest BCUT2D eigenvalue weighted by Crippen LogP contribution is -2.13. The van der Waals surface area contributed by atoms with Crippen LogP contribution in [-0.4, -0.2) is 19.1 Å². The zero-order valence-electron chi connectivity index (χ0n) is 11.2. The number of nitrogens with one attached hydrogen (secondary N) is 1. The molecular weight excluding hydrogens is 256 g/mol. The van der Waals surface area contributed by atoms with Gasteiger partial charge in [0.1, 0.15) is 18.1 Å². The largest absolute Gasteiger partial charge is 0.492 e. The van der Waals surface area contributed by atoms with Gasteiger partial charge in [-0.15, -0.1) is 0 Å². The number of hydrogen-bond acceptors (Lipinski definition) is 4. The molecule has 0 saturated carbocycles. The van der Waals surface area contributed by atoms with Crippen molar-refractivity contribution in [2.75, 3.05) is 18.5 Å². The number of anilines is 1. The van der Waals surface area contributed by atoms with Gasteiger partial charge >= 0.3 is 0 Å². The maximum atomic E-state index is 11.8. The molecule has 3 N–H and O–H groups in total. The van der Waals surface area contributed by atoms with Crippen LogP contribution in [0.15, 0.2) is 47.1 Å². The van der Waals surface area contributed by atoms with Crippen LogP contribution in [0.2, 0.25) is 0 Å². The molecule has 0 aliphatic rings. The summed E-state index contributed by atoms with van der Waals surface area (Å²) in [4.78, 5) is 11.8. The van der Waals surface area contributed by atoms with E-state index in [1.807, 2.05) is 30.3 Å². The molecule has 20 heavy (non-hydrogen) atoms. The van der Waals surface area contributed by atoms with Gasteiger partial charge in [0.25, 0.3) is 0 Å². The number of carbonyl (C=O) groups is 1. The summed E-state index contributed by atoms with van der Waals surface area (Å²) in [5, 5.41) is 2.83. The first-order chi connectivity index (χ1) is 9.78. The summed E-state index contributed by atoms with van der Waals surface area (Å²) >= 11 is 0. The Morgan fingerprint density at radius 3 is 2.95 bits per heavy atom. The van der Waals surface area contributed by atoms with Gasteiger partial charge in [0.15, 0.2) is 0 Å². The van der Waals surface area contributed by atoms with E-state index in [1.54, 1.807) is 12.3 Å². The molecule has 0 aliphatic carbocycles. The molecule has 0 radical (unpaired) electrons. The lowest BCUT2D eigenvalue weighted by molar-refractivity contribution is -0.116. The lowest BCUT2D eigenvalue weighted by Gasteiger charge is -2.08. The van der Waals surface area contributed by atoms with Gasteiger partial charge < -0.3 is 20.2 Å². The highest BCUT2D eigenvalue weighted by molar-refractivity contribution is 5.90. The molecule has 0 unspecified atom stereocenters. The molecular formula is C15H18N2O3. The predicted molar refractivity (Wildman–Crippen MR) is 76.7 cm³/mol. The van der Waals surface area contributed by atoms with Crippen molar-refractivity contribution < 1.29 is 13.9 Å². The van der Waals surface area contributed by atoms with Crippen LogP contribution in [0.4, 0.5) is 5.69 Å². The molecule has 1 aromatic heterocycles. The van der Waals surface area contributed by atoms with Crippen molar-refractivity contribution in [3.8, 4) is 5.75 Å². The minimum absolute atomic E-state index is 0.0580. The maximum absolute atomic E-state index is 11.8. The van der Waals surface area contributed by atoms with Crippen molar-refractivity contribution in [2.24, 2.45) is 5.73 Å². The van der Waals surface area contributed by atoms with E-state index < -0.39 is 0 Å². The van der Waals surface area contributed by atoms with Gasteiger partial charge in [-0.2, -0.15) is 0 Å². The molecule has 2 aromatic rings. The molecule has 0 spiro atoms. The Kier molecular flexibility index (Phi) is 5.20. The van der Waals surface area contributed by atoms with Crippen LogP contribution in [0, 0.1) is 0 Å². The second-order valence-corrected chi connectivity index (χ2v) is 4.29. The van der Waals surface area contributed by atoms with Crippen LogP contribution in [0.1, 0.15) is 12.2 Å². The quantitative estimate of drug-likeness (QED) is 0.811. The fraction of sp³-hybridized carbons (Fsp3) is 0.267. The third-order valence-corrected chi connectivity index (χ3v) is 2.68. The van der Waals surface area contributed by atoms with E-state index in [2.05, 4.69) is 5.32 Å². The number of aryl methyl sites for hydroxylation is 1. The second kappa shape index (κ2) is 7.35. The molecule has 0 atom stereocenters. The summed E-state index contributed by atoms with van der Waals surface area (Å²) < 4.78 is 10.6. The standard InChI is InChI=1S/C15H18N2O3/c16-8-10-20-14-4-1-3-12(11-14)17-15(18)7-6-13-5-2-9-19-13/h1-5,9,11H,6-8,10,16H2,(H,17,18). The summed E-state index contributed by atoms with van der Waals surface area (Å²) in [7, 11) is 0. The third-order valence-electron chi connectivity index (χ3n) is 2.68. The number of rotatable bonds is 7. The van der Waals surface area contributed by atoms with Crippen LogP contribution in [0.25, 0.3) is 0 Å². The number of furan rings is 1. The second-order valence-electron chi connectivity index (χ2n) is 4.29. The molecule has 0 bridgehead atoms. The SMILES string of the molecule is NCCOc1cccc(NC(=O)CCc2ccco2)c1. The van der Waals surface area contributed by atoms with E-state index in [1.165, 1.54) is 0 Å². The molecule has 106 valence electrons. The van der Waals surface area contributed by atoms with Gasteiger partial charge in [-0.3, -0.25) is 4.79 Å². The van der Waals surface area contributed by atoms with Crippen LogP contribution in [0.3, 0.4) is 0 Å². The van der Waals surface area contributed by atoms with Gasteiger partial charge in [0.05, 0.1) is 6.26 Å². The Bertz CT molecular complexity index is 538. The summed E-state index contributed by atoms with van der Waals surface area (Å²) in [6.45, 7) is 0.912. The molecule has 1 heterocycles. The average Bonchev–Trinajstić information content (AvgIpc) is 2.97. The van der Waals surface area contributed by atoms with Crippen molar-refractivity contribution in [1.29, 1.82) is 0 Å². The van der Waals surface area contributed by atoms with Gasteiger partial charge in [-0.1, -0.05) is 6.07 Å². The van der Waals surface area contributed by atoms with E-state index in [-0.39, 0.29) is 5.91 Å². The first kappa shape index (κ1) is 14.1. The van der Waals surface area contributed by atoms with Crippen LogP contribution < -0.4 is 15.8 Å². The summed E-state index contributed by atoms with van der Waals surface area (Å²) in [6, 6.07) is 10.9. The van der Waals surface area contributed by atoms with Gasteiger partial charge in [0.2, 0.25) is 5.91 Å². The number of hydrogen-bond donors (Lipinski definition) is 2. The fourth-order valence-electron chi connectivity index (χ4n) is 1.76. The normalized spacial score (nSPS) is 10.2. The van der Waals surface area contributed by atoms with Crippen LogP contribution in [-0.2, 0) is 11.2 Å². The average molecular weight is 274 g/mol. The Morgan fingerprint density at radius 1 is 1.30 bits per heavy atom. The minimum atomic E-state index is -0.0580. The molecule has 2 rings (SSSR count). The number of carbonyl (C=O) groups excluding carboxylic acids is 1. The lowest BCUT2D eigenvalue weighted by atomic mass is 10.2. The van der Waals surface area contributed by atoms with Crippen molar-refractivity contribution >= 4 is 11.6 Å². The topological polar surface area (TPSA) is 77.5 Å². The van der Waals surface area contributed by atoms with Crippen LogP contribution >= 0.6 is 0 Å². The monoisotopic (exact) mass is 274 g/mol. The summed E-state index contributed by atoms with van der Waals surface area (Å²) in [6.07, 6.45) is 2.56. The van der Waals surface area contributed by atoms with Crippen molar-refractivity contribution in [3.05, 3.63) is 48.4 Å². The van der Waals surface area contributed by atoms with Crippen molar-refractivity contribution in [3.63, 3.8) is 0 Å². The number of amides is 1. The van der Waals surface area contributed by atoms with E-state index in [4.69, 9.17) is 14.9 Å². The molecule has 0 saturated heterocycles. The number of ether oxygens (including phenoxy) is 1. The van der Waals surface area contributed by atoms with Crippen LogP contribution in [0.5, 0.6) is 5.75 Å². The Morgan fingerprint density at radius 2 is 2.20 bits per heavy atom. The zero-order valence-corrected chi connectivity index (χ0v) is 11.2. The fourth-order valence-corrected chi connectivity index (χ4v) is 1.76. The molecule has 1 amide bonds. The van der Waals surface area contributed by atoms with E-state index in [0.29, 0.717) is 37.4 Å². The Labute approximate surface area is 117 Å². The van der Waals surface area contributed by atoms with Crippen molar-refractivity contribution in [1.82, 2.24) is 0 Å². The van der Waals surface area contributed by atoms with Gasteiger partial charge in [-0.25, -0.2) is 0 Å². The Hall–Kier alpha value is -2.27. The summed E-state index contributed by atoms with van der Waals surface area (Å²) in [5.74, 6) is 1.44. The summed E-state index contributed by atoms with van der Waals surface area (Å²) in [5.41, 5.74) is 6.09. The van der Waals surface area contributed by atoms with E-state index in [0.717, 1.165) is 5.76 Å².